The Morgan fingerprint density at radius 3 is 2.52 bits per heavy atom. The van der Waals surface area contributed by atoms with Crippen LogP contribution in [-0.2, 0) is 16.1 Å². The average Bonchev–Trinajstić information content (AvgIpc) is 2.61. The van der Waals surface area contributed by atoms with E-state index >= 15 is 0 Å². The predicted molar refractivity (Wildman–Crippen MR) is 96.2 cm³/mol. The number of halogens is 2. The fourth-order valence-electron chi connectivity index (χ4n) is 2.08. The van der Waals surface area contributed by atoms with Crippen molar-refractivity contribution in [3.63, 3.8) is 0 Å². The molecule has 1 amide bonds. The summed E-state index contributed by atoms with van der Waals surface area (Å²) >= 11 is 11.7. The standard InChI is InChI=1S/C18H17Cl2NO4/c1-11(25-18(23)12-7-8-14(19)15(20)9-12)17(22)21-10-13-5-3-4-6-16(13)24-2/h3-9,11H,10H2,1-2H3,(H,21,22)/t11-/m1/s1. The van der Waals surface area contributed by atoms with Crippen LogP contribution in [0.3, 0.4) is 0 Å². The molecule has 132 valence electrons. The molecule has 0 bridgehead atoms. The normalized spacial score (nSPS) is 11.5. The Hall–Kier alpha value is -2.24. The second-order valence-electron chi connectivity index (χ2n) is 5.21. The summed E-state index contributed by atoms with van der Waals surface area (Å²) in [7, 11) is 1.56. The lowest BCUT2D eigenvalue weighted by Crippen LogP contribution is -2.35. The lowest BCUT2D eigenvalue weighted by Gasteiger charge is -2.15. The molecule has 0 aliphatic carbocycles. The molecule has 0 heterocycles. The number of para-hydroxylation sites is 1. The van der Waals surface area contributed by atoms with E-state index in [1.54, 1.807) is 13.2 Å². The molecular weight excluding hydrogens is 365 g/mol. The zero-order valence-corrected chi connectivity index (χ0v) is 15.2. The Balaban J connectivity index is 1.93. The maximum atomic E-state index is 12.1. The first-order valence-electron chi connectivity index (χ1n) is 7.48. The van der Waals surface area contributed by atoms with Gasteiger partial charge in [0.2, 0.25) is 0 Å². The van der Waals surface area contributed by atoms with Gasteiger partial charge < -0.3 is 14.8 Å². The Morgan fingerprint density at radius 2 is 1.84 bits per heavy atom. The molecule has 2 aromatic rings. The number of hydrogen-bond acceptors (Lipinski definition) is 4. The lowest BCUT2D eigenvalue weighted by molar-refractivity contribution is -0.129. The van der Waals surface area contributed by atoms with Crippen molar-refractivity contribution in [2.24, 2.45) is 0 Å². The molecule has 0 aliphatic heterocycles. The highest BCUT2D eigenvalue weighted by Crippen LogP contribution is 2.23. The average molecular weight is 382 g/mol. The number of hydrogen-bond donors (Lipinski definition) is 1. The van der Waals surface area contributed by atoms with Gasteiger partial charge in [0.1, 0.15) is 5.75 Å². The second kappa shape index (κ2) is 8.74. The molecule has 25 heavy (non-hydrogen) atoms. The second-order valence-corrected chi connectivity index (χ2v) is 6.02. The number of methoxy groups -OCH3 is 1. The summed E-state index contributed by atoms with van der Waals surface area (Å²) in [5.41, 5.74) is 1.04. The highest BCUT2D eigenvalue weighted by Gasteiger charge is 2.19. The van der Waals surface area contributed by atoms with Crippen LogP contribution in [-0.4, -0.2) is 25.1 Å². The molecule has 5 nitrogen and oxygen atoms in total. The van der Waals surface area contributed by atoms with Gasteiger partial charge in [-0.15, -0.1) is 0 Å². The largest absolute Gasteiger partial charge is 0.496 e. The number of benzene rings is 2. The van der Waals surface area contributed by atoms with Crippen LogP contribution in [0, 0.1) is 0 Å². The first kappa shape index (κ1) is 19.1. The molecule has 0 aromatic heterocycles. The van der Waals surface area contributed by atoms with Gasteiger partial charge in [0.05, 0.1) is 22.7 Å². The van der Waals surface area contributed by atoms with Gasteiger partial charge in [0, 0.05) is 12.1 Å². The van der Waals surface area contributed by atoms with E-state index in [2.05, 4.69) is 5.32 Å². The van der Waals surface area contributed by atoms with Crippen molar-refractivity contribution in [3.8, 4) is 5.75 Å². The number of carbonyl (C=O) groups is 2. The van der Waals surface area contributed by atoms with E-state index in [0.29, 0.717) is 10.8 Å². The fraction of sp³-hybridized carbons (Fsp3) is 0.222. The SMILES string of the molecule is COc1ccccc1CNC(=O)[C@@H](C)OC(=O)c1ccc(Cl)c(Cl)c1. The minimum absolute atomic E-state index is 0.221. The Morgan fingerprint density at radius 1 is 1.12 bits per heavy atom. The number of amides is 1. The third-order valence-corrected chi connectivity index (χ3v) is 4.19. The zero-order valence-electron chi connectivity index (χ0n) is 13.7. The van der Waals surface area contributed by atoms with Gasteiger partial charge in [-0.1, -0.05) is 41.4 Å². The van der Waals surface area contributed by atoms with Crippen molar-refractivity contribution in [2.45, 2.75) is 19.6 Å². The Bertz CT molecular complexity index is 779. The zero-order chi connectivity index (χ0) is 18.4. The molecule has 0 radical (unpaired) electrons. The molecule has 2 aromatic carbocycles. The van der Waals surface area contributed by atoms with E-state index in [9.17, 15) is 9.59 Å². The molecule has 0 unspecified atom stereocenters. The van der Waals surface area contributed by atoms with E-state index in [-0.39, 0.29) is 17.1 Å². The summed E-state index contributed by atoms with van der Waals surface area (Å²) < 4.78 is 10.4. The van der Waals surface area contributed by atoms with E-state index in [1.807, 2.05) is 18.2 Å². The number of carbonyl (C=O) groups excluding carboxylic acids is 2. The molecule has 7 heteroatoms. The number of rotatable bonds is 6. The van der Waals surface area contributed by atoms with Crippen molar-refractivity contribution in [1.82, 2.24) is 5.32 Å². The monoisotopic (exact) mass is 381 g/mol. The minimum Gasteiger partial charge on any atom is -0.496 e. The van der Waals surface area contributed by atoms with Crippen LogP contribution >= 0.6 is 23.2 Å². The summed E-state index contributed by atoms with van der Waals surface area (Å²) in [6, 6.07) is 11.7. The first-order chi connectivity index (χ1) is 11.9. The lowest BCUT2D eigenvalue weighted by atomic mass is 10.2. The summed E-state index contributed by atoms with van der Waals surface area (Å²) in [5.74, 6) is -0.402. The van der Waals surface area contributed by atoms with Crippen LogP contribution in [0.1, 0.15) is 22.8 Å². The van der Waals surface area contributed by atoms with E-state index < -0.39 is 18.0 Å². The molecule has 1 N–H and O–H groups in total. The summed E-state index contributed by atoms with van der Waals surface area (Å²) in [4.78, 5) is 24.2. The van der Waals surface area contributed by atoms with Crippen LogP contribution in [0.5, 0.6) is 5.75 Å². The van der Waals surface area contributed by atoms with Crippen LogP contribution < -0.4 is 10.1 Å². The first-order valence-corrected chi connectivity index (χ1v) is 8.23. The third kappa shape index (κ3) is 5.11. The van der Waals surface area contributed by atoms with Crippen molar-refractivity contribution >= 4 is 35.1 Å². The summed E-state index contributed by atoms with van der Waals surface area (Å²) in [6.45, 7) is 1.75. The van der Waals surface area contributed by atoms with Crippen molar-refractivity contribution < 1.29 is 19.1 Å². The predicted octanol–water partition coefficient (Wildman–Crippen LogP) is 3.86. The third-order valence-electron chi connectivity index (χ3n) is 3.45. The Labute approximate surface area is 155 Å². The Kier molecular flexibility index (Phi) is 6.67. The number of nitrogens with one attached hydrogen (secondary N) is 1. The maximum absolute atomic E-state index is 12.1. The molecule has 0 aliphatic rings. The molecule has 1 atom stereocenters. The van der Waals surface area contributed by atoms with Crippen molar-refractivity contribution in [2.75, 3.05) is 7.11 Å². The van der Waals surface area contributed by atoms with Gasteiger partial charge in [-0.2, -0.15) is 0 Å². The smallest absolute Gasteiger partial charge is 0.338 e. The van der Waals surface area contributed by atoms with E-state index in [0.717, 1.165) is 5.56 Å². The fourth-order valence-corrected chi connectivity index (χ4v) is 2.38. The van der Waals surface area contributed by atoms with E-state index in [4.69, 9.17) is 32.7 Å². The van der Waals surface area contributed by atoms with Gasteiger partial charge in [-0.25, -0.2) is 4.79 Å². The van der Waals surface area contributed by atoms with Crippen LogP contribution in [0.4, 0.5) is 0 Å². The molecule has 0 spiro atoms. The highest BCUT2D eigenvalue weighted by atomic mass is 35.5. The molecule has 0 saturated heterocycles. The highest BCUT2D eigenvalue weighted by molar-refractivity contribution is 6.42. The van der Waals surface area contributed by atoms with Crippen LogP contribution in [0.15, 0.2) is 42.5 Å². The van der Waals surface area contributed by atoms with Gasteiger partial charge in [0.15, 0.2) is 6.10 Å². The number of esters is 1. The molecular formula is C18H17Cl2NO4. The molecule has 0 saturated carbocycles. The van der Waals surface area contributed by atoms with Gasteiger partial charge in [-0.05, 0) is 31.2 Å². The molecule has 2 rings (SSSR count). The minimum atomic E-state index is -0.961. The van der Waals surface area contributed by atoms with Crippen LogP contribution in [0.25, 0.3) is 0 Å². The maximum Gasteiger partial charge on any atom is 0.338 e. The number of ether oxygens (including phenoxy) is 2. The van der Waals surface area contributed by atoms with Crippen molar-refractivity contribution in [3.05, 3.63) is 63.6 Å². The van der Waals surface area contributed by atoms with E-state index in [1.165, 1.54) is 25.1 Å². The summed E-state index contributed by atoms with van der Waals surface area (Å²) in [6.07, 6.45) is -0.961. The van der Waals surface area contributed by atoms with Crippen LogP contribution in [0.2, 0.25) is 10.0 Å². The van der Waals surface area contributed by atoms with Crippen molar-refractivity contribution in [1.29, 1.82) is 0 Å². The van der Waals surface area contributed by atoms with Gasteiger partial charge in [-0.3, -0.25) is 4.79 Å². The van der Waals surface area contributed by atoms with Gasteiger partial charge >= 0.3 is 5.97 Å². The topological polar surface area (TPSA) is 64.6 Å². The molecule has 0 fully saturated rings. The quantitative estimate of drug-likeness (QED) is 0.771. The van der Waals surface area contributed by atoms with Gasteiger partial charge in [0.25, 0.3) is 5.91 Å². The summed E-state index contributed by atoms with van der Waals surface area (Å²) in [5, 5.41) is 3.28.